The van der Waals surface area contributed by atoms with Crippen LogP contribution in [-0.4, -0.2) is 4.98 Å². The highest BCUT2D eigenvalue weighted by Gasteiger charge is 2.21. The summed E-state index contributed by atoms with van der Waals surface area (Å²) in [6.07, 6.45) is 0. The number of benzene rings is 6. The molecule has 0 amide bonds. The van der Waals surface area contributed by atoms with E-state index in [1.807, 2.05) is 18.2 Å². The fourth-order valence-corrected chi connectivity index (χ4v) is 5.89. The maximum absolute atomic E-state index is 6.30. The number of anilines is 3. The molecule has 2 aromatic heterocycles. The van der Waals surface area contributed by atoms with Crippen molar-refractivity contribution in [1.29, 1.82) is 0 Å². The predicted octanol–water partition coefficient (Wildman–Crippen LogP) is 10.9. The van der Waals surface area contributed by atoms with Crippen LogP contribution in [0.15, 0.2) is 162 Å². The van der Waals surface area contributed by atoms with Crippen LogP contribution in [0.3, 0.4) is 0 Å². The molecule has 0 aliphatic heterocycles. The third-order valence-corrected chi connectivity index (χ3v) is 7.85. The second kappa shape index (κ2) is 10.1. The molecule has 0 unspecified atom stereocenters. The van der Waals surface area contributed by atoms with Gasteiger partial charge in [-0.15, -0.1) is 0 Å². The monoisotopic (exact) mass is 538 g/mol. The molecule has 0 N–H and O–H groups in total. The summed E-state index contributed by atoms with van der Waals surface area (Å²) in [5, 5.41) is 2.05. The molecule has 42 heavy (non-hydrogen) atoms. The third-order valence-electron chi connectivity index (χ3n) is 7.85. The van der Waals surface area contributed by atoms with Crippen LogP contribution in [0.5, 0.6) is 0 Å². The van der Waals surface area contributed by atoms with Crippen molar-refractivity contribution < 1.29 is 4.42 Å². The summed E-state index contributed by atoms with van der Waals surface area (Å²) in [4.78, 5) is 7.48. The first-order valence-corrected chi connectivity index (χ1v) is 14.1. The zero-order chi connectivity index (χ0) is 27.9. The Morgan fingerprint density at radius 2 is 1.12 bits per heavy atom. The van der Waals surface area contributed by atoms with E-state index in [0.717, 1.165) is 66.7 Å². The highest BCUT2D eigenvalue weighted by atomic mass is 16.3. The number of furan rings is 1. The minimum Gasteiger partial charge on any atom is -0.454 e. The Kier molecular flexibility index (Phi) is 5.79. The highest BCUT2D eigenvalue weighted by molar-refractivity contribution is 6.09. The van der Waals surface area contributed by atoms with Gasteiger partial charge in [0, 0.05) is 22.0 Å². The van der Waals surface area contributed by atoms with E-state index in [0.29, 0.717) is 0 Å². The van der Waals surface area contributed by atoms with Crippen molar-refractivity contribution in [3.8, 4) is 22.3 Å². The van der Waals surface area contributed by atoms with Crippen molar-refractivity contribution in [1.82, 2.24) is 4.98 Å². The first-order valence-electron chi connectivity index (χ1n) is 14.1. The lowest BCUT2D eigenvalue weighted by atomic mass is 10.00. The van der Waals surface area contributed by atoms with Gasteiger partial charge in [0.15, 0.2) is 5.58 Å². The maximum atomic E-state index is 6.30. The molecule has 0 bridgehead atoms. The molecule has 8 rings (SSSR count). The largest absolute Gasteiger partial charge is 0.454 e. The SMILES string of the molecule is c1ccc(-c2cccc(N(c3ccccc3-c3ccccc3)c3cccc4nc5c(cc34)oc3ccccc35)c2)cc1. The molecule has 0 atom stereocenters. The summed E-state index contributed by atoms with van der Waals surface area (Å²) in [6, 6.07) is 55.1. The summed E-state index contributed by atoms with van der Waals surface area (Å²) < 4.78 is 6.30. The molecule has 0 radical (unpaired) electrons. The average molecular weight is 539 g/mol. The van der Waals surface area contributed by atoms with E-state index in [-0.39, 0.29) is 0 Å². The Bertz CT molecular complexity index is 2200. The summed E-state index contributed by atoms with van der Waals surface area (Å²) in [5.74, 6) is 0. The van der Waals surface area contributed by atoms with Crippen LogP contribution in [0.1, 0.15) is 0 Å². The fourth-order valence-electron chi connectivity index (χ4n) is 5.89. The van der Waals surface area contributed by atoms with Crippen molar-refractivity contribution in [2.45, 2.75) is 0 Å². The standard InChI is InChI=1S/C39H26N2O/c1-3-13-27(14-4-1)29-17-11-18-30(25-29)41(35-22-9-7-19-31(35)28-15-5-2-6-16-28)36-23-12-21-34-33(36)26-38-39(40-34)32-20-8-10-24-37(32)42-38/h1-26H. The third kappa shape index (κ3) is 4.11. The number of pyridine rings is 1. The van der Waals surface area contributed by atoms with E-state index >= 15 is 0 Å². The van der Waals surface area contributed by atoms with Crippen molar-refractivity contribution in [2.75, 3.05) is 4.90 Å². The number of aromatic nitrogens is 1. The van der Waals surface area contributed by atoms with E-state index < -0.39 is 0 Å². The minimum absolute atomic E-state index is 0.783. The Morgan fingerprint density at radius 3 is 1.98 bits per heavy atom. The van der Waals surface area contributed by atoms with Gasteiger partial charge >= 0.3 is 0 Å². The summed E-state index contributed by atoms with van der Waals surface area (Å²) in [5.41, 5.74) is 11.3. The Morgan fingerprint density at radius 1 is 0.452 bits per heavy atom. The molecule has 0 saturated carbocycles. The Hall–Kier alpha value is -5.67. The molecule has 0 saturated heterocycles. The second-order valence-electron chi connectivity index (χ2n) is 10.4. The van der Waals surface area contributed by atoms with E-state index in [1.165, 1.54) is 5.56 Å². The van der Waals surface area contributed by atoms with Crippen LogP contribution < -0.4 is 4.90 Å². The van der Waals surface area contributed by atoms with Crippen molar-refractivity contribution >= 4 is 50.0 Å². The number of nitrogens with zero attached hydrogens (tertiary/aromatic N) is 2. The van der Waals surface area contributed by atoms with Gasteiger partial charge in [-0.1, -0.05) is 109 Å². The topological polar surface area (TPSA) is 29.3 Å². The molecule has 0 aliphatic rings. The minimum atomic E-state index is 0.783. The van der Waals surface area contributed by atoms with E-state index in [2.05, 4.69) is 144 Å². The second-order valence-corrected chi connectivity index (χ2v) is 10.4. The van der Waals surface area contributed by atoms with E-state index in [4.69, 9.17) is 9.40 Å². The Labute approximate surface area is 243 Å². The molecule has 6 aromatic carbocycles. The molecule has 0 aliphatic carbocycles. The number of fused-ring (bicyclic) bond motifs is 4. The van der Waals surface area contributed by atoms with Gasteiger partial charge in [0.2, 0.25) is 0 Å². The summed E-state index contributed by atoms with van der Waals surface area (Å²) in [7, 11) is 0. The van der Waals surface area contributed by atoms with Crippen LogP contribution in [0.2, 0.25) is 0 Å². The van der Waals surface area contributed by atoms with E-state index in [9.17, 15) is 0 Å². The smallest absolute Gasteiger partial charge is 0.154 e. The van der Waals surface area contributed by atoms with Gasteiger partial charge in [0.25, 0.3) is 0 Å². The van der Waals surface area contributed by atoms with Crippen LogP contribution in [0.4, 0.5) is 17.1 Å². The van der Waals surface area contributed by atoms with Crippen LogP contribution >= 0.6 is 0 Å². The van der Waals surface area contributed by atoms with Gasteiger partial charge in [0.1, 0.15) is 11.1 Å². The van der Waals surface area contributed by atoms with Gasteiger partial charge in [-0.3, -0.25) is 0 Å². The highest BCUT2D eigenvalue weighted by Crippen LogP contribution is 2.44. The van der Waals surface area contributed by atoms with Gasteiger partial charge in [-0.25, -0.2) is 4.98 Å². The lowest BCUT2D eigenvalue weighted by Crippen LogP contribution is -2.12. The molecular formula is C39H26N2O. The lowest BCUT2D eigenvalue weighted by Gasteiger charge is -2.29. The Balaban J connectivity index is 1.41. The molecule has 3 nitrogen and oxygen atoms in total. The van der Waals surface area contributed by atoms with Crippen molar-refractivity contribution in [2.24, 2.45) is 0 Å². The molecule has 0 spiro atoms. The molecule has 198 valence electrons. The number of hydrogen-bond acceptors (Lipinski definition) is 3. The zero-order valence-corrected chi connectivity index (χ0v) is 22.8. The van der Waals surface area contributed by atoms with Crippen LogP contribution in [-0.2, 0) is 0 Å². The number of hydrogen-bond donors (Lipinski definition) is 0. The van der Waals surface area contributed by atoms with Gasteiger partial charge in [0.05, 0.1) is 16.9 Å². The lowest BCUT2D eigenvalue weighted by molar-refractivity contribution is 0.669. The summed E-state index contributed by atoms with van der Waals surface area (Å²) >= 11 is 0. The van der Waals surface area contributed by atoms with Crippen molar-refractivity contribution in [3.05, 3.63) is 158 Å². The van der Waals surface area contributed by atoms with Gasteiger partial charge < -0.3 is 9.32 Å². The first-order chi connectivity index (χ1) is 20.8. The summed E-state index contributed by atoms with van der Waals surface area (Å²) in [6.45, 7) is 0. The predicted molar refractivity (Wildman–Crippen MR) is 175 cm³/mol. The quantitative estimate of drug-likeness (QED) is 0.218. The van der Waals surface area contributed by atoms with Gasteiger partial charge in [-0.2, -0.15) is 0 Å². The molecular weight excluding hydrogens is 512 g/mol. The first kappa shape index (κ1) is 24.2. The van der Waals surface area contributed by atoms with Gasteiger partial charge in [-0.05, 0) is 65.2 Å². The van der Waals surface area contributed by atoms with Crippen molar-refractivity contribution in [3.63, 3.8) is 0 Å². The molecule has 2 heterocycles. The van der Waals surface area contributed by atoms with Crippen LogP contribution in [0.25, 0.3) is 55.2 Å². The van der Waals surface area contributed by atoms with Crippen LogP contribution in [0, 0.1) is 0 Å². The normalized spacial score (nSPS) is 11.3. The molecule has 8 aromatic rings. The molecule has 3 heteroatoms. The number of para-hydroxylation sites is 2. The fraction of sp³-hybridized carbons (Fsp3) is 0. The maximum Gasteiger partial charge on any atom is 0.154 e. The average Bonchev–Trinajstić information content (AvgIpc) is 3.43. The zero-order valence-electron chi connectivity index (χ0n) is 22.8. The van der Waals surface area contributed by atoms with E-state index in [1.54, 1.807) is 0 Å². The number of rotatable bonds is 5. The molecule has 0 fully saturated rings.